The van der Waals surface area contributed by atoms with Crippen LogP contribution < -0.4 is 0 Å². The van der Waals surface area contributed by atoms with E-state index in [1.165, 1.54) is 16.8 Å². The summed E-state index contributed by atoms with van der Waals surface area (Å²) < 4.78 is 45.1. The van der Waals surface area contributed by atoms with Crippen molar-refractivity contribution in [2.24, 2.45) is 5.92 Å². The van der Waals surface area contributed by atoms with Crippen LogP contribution in [0.3, 0.4) is 0 Å². The van der Waals surface area contributed by atoms with E-state index in [4.69, 9.17) is 4.74 Å². The molecule has 8 nitrogen and oxygen atoms in total. The largest absolute Gasteiger partial charge is 0.449 e. The first-order chi connectivity index (χ1) is 14.2. The highest BCUT2D eigenvalue weighted by atomic mass is 19.4. The van der Waals surface area contributed by atoms with E-state index in [2.05, 4.69) is 20.4 Å². The van der Waals surface area contributed by atoms with Crippen LogP contribution in [0.2, 0.25) is 0 Å². The molecule has 0 spiro atoms. The highest BCUT2D eigenvalue weighted by Crippen LogP contribution is 2.29. The van der Waals surface area contributed by atoms with Crippen LogP contribution in [0.4, 0.5) is 18.0 Å². The van der Waals surface area contributed by atoms with E-state index in [-0.39, 0.29) is 12.0 Å². The van der Waals surface area contributed by atoms with E-state index < -0.39 is 11.7 Å². The Morgan fingerprint density at radius 2 is 1.87 bits per heavy atom. The molecule has 1 amide bonds. The molecule has 1 aliphatic rings. The van der Waals surface area contributed by atoms with Crippen LogP contribution in [0.1, 0.15) is 31.7 Å². The zero-order valence-electron chi connectivity index (χ0n) is 17.0. The summed E-state index contributed by atoms with van der Waals surface area (Å²) in [5, 5.41) is 11.6. The molecule has 164 valence electrons. The zero-order valence-corrected chi connectivity index (χ0v) is 17.0. The van der Waals surface area contributed by atoms with Gasteiger partial charge in [0.05, 0.1) is 24.4 Å². The van der Waals surface area contributed by atoms with E-state index in [1.807, 2.05) is 13.8 Å². The third-order valence-corrected chi connectivity index (χ3v) is 4.73. The molecule has 3 rings (SSSR count). The maximum absolute atomic E-state index is 12.8. The molecule has 11 heteroatoms. The van der Waals surface area contributed by atoms with E-state index in [9.17, 15) is 18.0 Å². The fourth-order valence-electron chi connectivity index (χ4n) is 3.14. The molecule has 0 N–H and O–H groups in total. The Bertz CT molecular complexity index is 838. The number of amides is 1. The number of hydrogen-bond acceptors (Lipinski definition) is 6. The molecule has 1 aromatic carbocycles. The molecule has 1 aromatic heterocycles. The minimum atomic E-state index is -4.39. The molecule has 0 bridgehead atoms. The first-order valence-corrected chi connectivity index (χ1v) is 9.83. The van der Waals surface area contributed by atoms with Crippen molar-refractivity contribution in [2.75, 3.05) is 32.8 Å². The third-order valence-electron chi connectivity index (χ3n) is 4.73. The minimum Gasteiger partial charge on any atom is -0.449 e. The number of carbonyl (C=O) groups is 1. The number of nitrogens with zero attached hydrogens (tertiary/aromatic N) is 6. The first kappa shape index (κ1) is 22.0. The van der Waals surface area contributed by atoms with Crippen molar-refractivity contribution < 1.29 is 22.7 Å². The SMILES string of the molecule is CC(C)COC(=O)N1CCCN(Cc2nnnn2-c2ccc(C(F)(F)F)cc2)CC1. The van der Waals surface area contributed by atoms with Gasteiger partial charge in [-0.1, -0.05) is 13.8 Å². The molecule has 2 heterocycles. The highest BCUT2D eigenvalue weighted by molar-refractivity contribution is 5.67. The molecule has 1 saturated heterocycles. The van der Waals surface area contributed by atoms with Crippen LogP contribution in [0.25, 0.3) is 5.69 Å². The predicted molar refractivity (Wildman–Crippen MR) is 102 cm³/mol. The van der Waals surface area contributed by atoms with E-state index >= 15 is 0 Å². The summed E-state index contributed by atoms with van der Waals surface area (Å²) in [5.41, 5.74) is -0.269. The van der Waals surface area contributed by atoms with Crippen LogP contribution >= 0.6 is 0 Å². The van der Waals surface area contributed by atoms with E-state index in [0.717, 1.165) is 25.1 Å². The quantitative estimate of drug-likeness (QED) is 0.732. The van der Waals surface area contributed by atoms with Gasteiger partial charge in [-0.25, -0.2) is 4.79 Å². The standard InChI is InChI=1S/C19H25F3N6O2/c1-14(2)13-30-18(29)27-9-3-8-26(10-11-27)12-17-23-24-25-28(17)16-6-4-15(5-7-16)19(20,21)22/h4-7,14H,3,8-13H2,1-2H3. The number of hydrogen-bond donors (Lipinski definition) is 0. The van der Waals surface area contributed by atoms with Crippen LogP contribution in [0.5, 0.6) is 0 Å². The van der Waals surface area contributed by atoms with Crippen molar-refractivity contribution in [3.8, 4) is 5.69 Å². The molecule has 0 aliphatic carbocycles. The summed E-state index contributed by atoms with van der Waals surface area (Å²) in [5.74, 6) is 0.798. The number of carbonyl (C=O) groups excluding carboxylic acids is 1. The van der Waals surface area contributed by atoms with Gasteiger partial charge in [-0.2, -0.15) is 17.9 Å². The molecule has 0 radical (unpaired) electrons. The third kappa shape index (κ3) is 5.68. The summed E-state index contributed by atoms with van der Waals surface area (Å²) in [6.45, 7) is 7.28. The summed E-state index contributed by atoms with van der Waals surface area (Å²) in [6, 6.07) is 4.70. The molecule has 0 unspecified atom stereocenters. The minimum absolute atomic E-state index is 0.279. The number of ether oxygens (including phenoxy) is 1. The van der Waals surface area contributed by atoms with Crippen LogP contribution in [0, 0.1) is 5.92 Å². The van der Waals surface area contributed by atoms with E-state index in [0.29, 0.717) is 44.3 Å². The number of aromatic nitrogens is 4. The highest BCUT2D eigenvalue weighted by Gasteiger charge is 2.30. The van der Waals surface area contributed by atoms with Gasteiger partial charge >= 0.3 is 12.3 Å². The van der Waals surface area contributed by atoms with Crippen molar-refractivity contribution in [1.29, 1.82) is 0 Å². The molecule has 30 heavy (non-hydrogen) atoms. The molecule has 1 fully saturated rings. The van der Waals surface area contributed by atoms with Crippen molar-refractivity contribution in [3.05, 3.63) is 35.7 Å². The maximum atomic E-state index is 12.8. The summed E-state index contributed by atoms with van der Waals surface area (Å²) in [4.78, 5) is 16.0. The van der Waals surface area contributed by atoms with Crippen molar-refractivity contribution in [2.45, 2.75) is 33.0 Å². The number of benzene rings is 1. The van der Waals surface area contributed by atoms with Crippen molar-refractivity contribution in [3.63, 3.8) is 0 Å². The monoisotopic (exact) mass is 426 g/mol. The molecule has 0 saturated carbocycles. The van der Waals surface area contributed by atoms with Gasteiger partial charge in [0.2, 0.25) is 0 Å². The van der Waals surface area contributed by atoms with Gasteiger partial charge in [-0.3, -0.25) is 4.90 Å². The number of halogens is 3. The molecule has 2 aromatic rings. The Labute approximate surface area is 172 Å². The van der Waals surface area contributed by atoms with Crippen molar-refractivity contribution >= 4 is 6.09 Å². The molecule has 0 atom stereocenters. The van der Waals surface area contributed by atoms with Gasteiger partial charge in [0.15, 0.2) is 5.82 Å². The van der Waals surface area contributed by atoms with Gasteiger partial charge < -0.3 is 9.64 Å². The smallest absolute Gasteiger partial charge is 0.416 e. The lowest BCUT2D eigenvalue weighted by Crippen LogP contribution is -2.36. The fourth-order valence-corrected chi connectivity index (χ4v) is 3.14. The Hall–Kier alpha value is -2.69. The van der Waals surface area contributed by atoms with Gasteiger partial charge in [-0.05, 0) is 47.0 Å². The number of rotatable bonds is 5. The predicted octanol–water partition coefficient (Wildman–Crippen LogP) is 2.98. The summed E-state index contributed by atoms with van der Waals surface area (Å²) in [6.07, 6.45) is -3.92. The zero-order chi connectivity index (χ0) is 21.7. The van der Waals surface area contributed by atoms with Gasteiger partial charge in [-0.15, -0.1) is 5.10 Å². The number of tetrazole rings is 1. The molecular weight excluding hydrogens is 401 g/mol. The lowest BCUT2D eigenvalue weighted by molar-refractivity contribution is -0.137. The van der Waals surface area contributed by atoms with Gasteiger partial charge in [0, 0.05) is 26.2 Å². The van der Waals surface area contributed by atoms with Crippen molar-refractivity contribution in [1.82, 2.24) is 30.0 Å². The normalized spacial score (nSPS) is 16.0. The second kappa shape index (κ2) is 9.41. The van der Waals surface area contributed by atoms with E-state index in [1.54, 1.807) is 4.90 Å². The average Bonchev–Trinajstić information content (AvgIpc) is 3.02. The second-order valence-electron chi connectivity index (χ2n) is 7.64. The maximum Gasteiger partial charge on any atom is 0.416 e. The van der Waals surface area contributed by atoms with Crippen LogP contribution in [-0.4, -0.2) is 68.9 Å². The fraction of sp³-hybridized carbons (Fsp3) is 0.579. The molecule has 1 aliphatic heterocycles. The molecular formula is C19H25F3N6O2. The Morgan fingerprint density at radius 3 is 2.53 bits per heavy atom. The second-order valence-corrected chi connectivity index (χ2v) is 7.64. The first-order valence-electron chi connectivity index (χ1n) is 9.83. The van der Waals surface area contributed by atoms with Gasteiger partial charge in [0.1, 0.15) is 0 Å². The van der Waals surface area contributed by atoms with Crippen LogP contribution in [0.15, 0.2) is 24.3 Å². The Balaban J connectivity index is 1.62. The average molecular weight is 426 g/mol. The summed E-state index contributed by atoms with van der Waals surface area (Å²) >= 11 is 0. The topological polar surface area (TPSA) is 76.4 Å². The lowest BCUT2D eigenvalue weighted by Gasteiger charge is -2.21. The van der Waals surface area contributed by atoms with Crippen LogP contribution in [-0.2, 0) is 17.5 Å². The Kier molecular flexibility index (Phi) is 6.91. The number of alkyl halides is 3. The lowest BCUT2D eigenvalue weighted by atomic mass is 10.2. The summed E-state index contributed by atoms with van der Waals surface area (Å²) in [7, 11) is 0. The van der Waals surface area contributed by atoms with Gasteiger partial charge in [0.25, 0.3) is 0 Å². The Morgan fingerprint density at radius 1 is 1.13 bits per heavy atom.